The minimum absolute atomic E-state index is 0.632. The number of aryl methyl sites for hydroxylation is 1. The Morgan fingerprint density at radius 3 is 2.44 bits per heavy atom. The Balaban J connectivity index is 2.20. The maximum Gasteiger partial charge on any atom is 0.0207 e. The lowest BCUT2D eigenvalue weighted by Gasteiger charge is -2.13. The summed E-state index contributed by atoms with van der Waals surface area (Å²) in [6.45, 7) is 7.66. The van der Waals surface area contributed by atoms with Crippen LogP contribution in [0, 0.1) is 6.92 Å². The quantitative estimate of drug-likeness (QED) is 0.682. The van der Waals surface area contributed by atoms with Gasteiger partial charge in [-0.15, -0.1) is 0 Å². The van der Waals surface area contributed by atoms with Crippen LogP contribution < -0.4 is 5.32 Å². The minimum Gasteiger partial charge on any atom is -0.310 e. The molecule has 0 aliphatic heterocycles. The molecule has 1 heteroatoms. The monoisotopic (exact) mass is 219 g/mol. The zero-order valence-electron chi connectivity index (χ0n) is 10.9. The maximum absolute atomic E-state index is 3.58. The lowest BCUT2D eigenvalue weighted by Crippen LogP contribution is -2.25. The van der Waals surface area contributed by atoms with Gasteiger partial charge in [-0.1, -0.05) is 56.0 Å². The molecule has 0 bridgehead atoms. The van der Waals surface area contributed by atoms with E-state index in [4.69, 9.17) is 0 Å². The van der Waals surface area contributed by atoms with Crippen LogP contribution in [0.1, 0.15) is 50.7 Å². The molecular formula is C15H25N. The van der Waals surface area contributed by atoms with Crippen molar-refractivity contribution < 1.29 is 0 Å². The smallest absolute Gasteiger partial charge is 0.0207 e. The first kappa shape index (κ1) is 13.2. The van der Waals surface area contributed by atoms with Crippen LogP contribution in [-0.2, 0) is 6.54 Å². The molecule has 0 fully saturated rings. The van der Waals surface area contributed by atoms with Crippen molar-refractivity contribution in [1.29, 1.82) is 0 Å². The average molecular weight is 219 g/mol. The number of unbranched alkanes of at least 4 members (excludes halogenated alkanes) is 2. The second kappa shape index (κ2) is 7.45. The second-order valence-electron chi connectivity index (χ2n) is 4.76. The summed E-state index contributed by atoms with van der Waals surface area (Å²) in [7, 11) is 0. The summed E-state index contributed by atoms with van der Waals surface area (Å²) in [6.07, 6.45) is 5.31. The van der Waals surface area contributed by atoms with Gasteiger partial charge in [0.15, 0.2) is 0 Å². The topological polar surface area (TPSA) is 12.0 Å². The Hall–Kier alpha value is -0.820. The number of rotatable bonds is 7. The molecular weight excluding hydrogens is 194 g/mol. The van der Waals surface area contributed by atoms with Gasteiger partial charge in [-0.25, -0.2) is 0 Å². The third kappa shape index (κ3) is 5.32. The van der Waals surface area contributed by atoms with Crippen molar-refractivity contribution in [3.05, 3.63) is 35.4 Å². The van der Waals surface area contributed by atoms with Gasteiger partial charge in [0.05, 0.1) is 0 Å². The van der Waals surface area contributed by atoms with Crippen molar-refractivity contribution in [2.24, 2.45) is 0 Å². The molecule has 0 spiro atoms. The van der Waals surface area contributed by atoms with E-state index in [0.29, 0.717) is 6.04 Å². The Kier molecular flexibility index (Phi) is 6.17. The van der Waals surface area contributed by atoms with Gasteiger partial charge in [0.2, 0.25) is 0 Å². The number of benzene rings is 1. The van der Waals surface area contributed by atoms with E-state index in [0.717, 1.165) is 6.54 Å². The molecule has 0 saturated carbocycles. The zero-order valence-corrected chi connectivity index (χ0v) is 10.9. The van der Waals surface area contributed by atoms with Crippen molar-refractivity contribution in [1.82, 2.24) is 5.32 Å². The van der Waals surface area contributed by atoms with Crippen LogP contribution in [0.15, 0.2) is 24.3 Å². The van der Waals surface area contributed by atoms with E-state index < -0.39 is 0 Å². The van der Waals surface area contributed by atoms with E-state index in [1.807, 2.05) is 0 Å². The highest BCUT2D eigenvalue weighted by atomic mass is 14.9. The summed E-state index contributed by atoms with van der Waals surface area (Å²) >= 11 is 0. The molecule has 0 radical (unpaired) electrons. The average Bonchev–Trinajstić information content (AvgIpc) is 2.29. The summed E-state index contributed by atoms with van der Waals surface area (Å²) in [5.41, 5.74) is 2.72. The molecule has 0 aromatic heterocycles. The van der Waals surface area contributed by atoms with Crippen LogP contribution in [0.5, 0.6) is 0 Å². The molecule has 0 aliphatic rings. The highest BCUT2D eigenvalue weighted by molar-refractivity contribution is 5.21. The lowest BCUT2D eigenvalue weighted by atomic mass is 10.1. The van der Waals surface area contributed by atoms with E-state index in [1.165, 1.54) is 36.8 Å². The predicted octanol–water partition coefficient (Wildman–Crippen LogP) is 4.05. The van der Waals surface area contributed by atoms with Gasteiger partial charge in [0.1, 0.15) is 0 Å². The second-order valence-corrected chi connectivity index (χ2v) is 4.76. The number of hydrogen-bond donors (Lipinski definition) is 1. The molecule has 1 N–H and O–H groups in total. The molecule has 0 saturated heterocycles. The van der Waals surface area contributed by atoms with Crippen molar-refractivity contribution >= 4 is 0 Å². The lowest BCUT2D eigenvalue weighted by molar-refractivity contribution is 0.487. The summed E-state index contributed by atoms with van der Waals surface area (Å²) in [5.74, 6) is 0. The molecule has 1 unspecified atom stereocenters. The highest BCUT2D eigenvalue weighted by Gasteiger charge is 2.00. The fraction of sp³-hybridized carbons (Fsp3) is 0.600. The Morgan fingerprint density at radius 2 is 1.81 bits per heavy atom. The maximum atomic E-state index is 3.58. The minimum atomic E-state index is 0.632. The van der Waals surface area contributed by atoms with Crippen molar-refractivity contribution in [3.63, 3.8) is 0 Å². The summed E-state index contributed by atoms with van der Waals surface area (Å²) in [6, 6.07) is 9.41. The molecule has 1 aromatic carbocycles. The van der Waals surface area contributed by atoms with Crippen molar-refractivity contribution in [2.75, 3.05) is 0 Å². The van der Waals surface area contributed by atoms with Gasteiger partial charge >= 0.3 is 0 Å². The Morgan fingerprint density at radius 1 is 1.12 bits per heavy atom. The zero-order chi connectivity index (χ0) is 11.8. The Bertz CT molecular complexity index is 276. The van der Waals surface area contributed by atoms with Crippen LogP contribution in [0.3, 0.4) is 0 Å². The molecule has 1 atom stereocenters. The molecule has 1 nitrogen and oxygen atoms in total. The normalized spacial score (nSPS) is 12.7. The van der Waals surface area contributed by atoms with Gasteiger partial charge < -0.3 is 5.32 Å². The molecule has 0 aliphatic carbocycles. The van der Waals surface area contributed by atoms with E-state index >= 15 is 0 Å². The van der Waals surface area contributed by atoms with Gasteiger partial charge in [-0.05, 0) is 25.8 Å². The SMILES string of the molecule is CCCCCC(C)NCc1ccc(C)cc1. The standard InChI is InChI=1S/C15H25N/c1-4-5-6-7-14(3)16-12-15-10-8-13(2)9-11-15/h8-11,14,16H,4-7,12H2,1-3H3. The van der Waals surface area contributed by atoms with Crippen LogP contribution in [0.4, 0.5) is 0 Å². The first-order valence-electron chi connectivity index (χ1n) is 6.51. The molecule has 0 amide bonds. The largest absolute Gasteiger partial charge is 0.310 e. The van der Waals surface area contributed by atoms with Gasteiger partial charge in [-0.2, -0.15) is 0 Å². The molecule has 90 valence electrons. The van der Waals surface area contributed by atoms with E-state index in [-0.39, 0.29) is 0 Å². The van der Waals surface area contributed by atoms with E-state index in [2.05, 4.69) is 50.4 Å². The first-order valence-corrected chi connectivity index (χ1v) is 6.51. The third-order valence-corrected chi connectivity index (χ3v) is 3.02. The van der Waals surface area contributed by atoms with Gasteiger partial charge in [0, 0.05) is 12.6 Å². The highest BCUT2D eigenvalue weighted by Crippen LogP contribution is 2.06. The number of hydrogen-bond acceptors (Lipinski definition) is 1. The third-order valence-electron chi connectivity index (χ3n) is 3.02. The van der Waals surface area contributed by atoms with Gasteiger partial charge in [0.25, 0.3) is 0 Å². The Labute approximate surface area is 100 Å². The molecule has 16 heavy (non-hydrogen) atoms. The summed E-state index contributed by atoms with van der Waals surface area (Å²) in [4.78, 5) is 0. The first-order chi connectivity index (χ1) is 7.72. The molecule has 1 aromatic rings. The fourth-order valence-corrected chi connectivity index (χ4v) is 1.80. The van der Waals surface area contributed by atoms with E-state index in [9.17, 15) is 0 Å². The fourth-order valence-electron chi connectivity index (χ4n) is 1.80. The van der Waals surface area contributed by atoms with E-state index in [1.54, 1.807) is 0 Å². The van der Waals surface area contributed by atoms with Crippen molar-refractivity contribution in [3.8, 4) is 0 Å². The van der Waals surface area contributed by atoms with Crippen LogP contribution >= 0.6 is 0 Å². The van der Waals surface area contributed by atoms with Gasteiger partial charge in [-0.3, -0.25) is 0 Å². The number of nitrogens with one attached hydrogen (secondary N) is 1. The molecule has 0 heterocycles. The van der Waals surface area contributed by atoms with Crippen molar-refractivity contribution in [2.45, 2.75) is 59.0 Å². The van der Waals surface area contributed by atoms with Crippen LogP contribution in [-0.4, -0.2) is 6.04 Å². The van der Waals surface area contributed by atoms with Crippen LogP contribution in [0.2, 0.25) is 0 Å². The molecule has 1 rings (SSSR count). The summed E-state index contributed by atoms with van der Waals surface area (Å²) in [5, 5.41) is 3.58. The van der Waals surface area contributed by atoms with Crippen LogP contribution in [0.25, 0.3) is 0 Å². The summed E-state index contributed by atoms with van der Waals surface area (Å²) < 4.78 is 0. The predicted molar refractivity (Wildman–Crippen MR) is 71.6 cm³/mol.